The summed E-state index contributed by atoms with van der Waals surface area (Å²) in [5, 5.41) is 3.46. The number of ether oxygens (including phenoxy) is 1. The molecule has 1 N–H and O–H groups in total. The van der Waals surface area contributed by atoms with Crippen molar-refractivity contribution in [1.82, 2.24) is 14.9 Å². The van der Waals surface area contributed by atoms with E-state index in [1.165, 1.54) is 37.8 Å². The Hall–Kier alpha value is -0.870. The lowest BCUT2D eigenvalue weighted by Gasteiger charge is -2.24. The first-order valence-electron chi connectivity index (χ1n) is 7.61. The fraction of sp³-hybridized carbons (Fsp3) is 0.800. The van der Waals surface area contributed by atoms with Crippen molar-refractivity contribution in [3.8, 4) is 0 Å². The van der Waals surface area contributed by atoms with Crippen molar-refractivity contribution in [3.05, 3.63) is 18.2 Å². The average Bonchev–Trinajstić information content (AvgIpc) is 3.10. The average molecular weight is 263 g/mol. The van der Waals surface area contributed by atoms with Crippen LogP contribution in [0.3, 0.4) is 0 Å². The molecule has 0 spiro atoms. The SMILES string of the molecule is CC1(c2cncn2CCOC2CCCC2)CCNC1. The summed E-state index contributed by atoms with van der Waals surface area (Å²) in [4.78, 5) is 4.34. The zero-order chi connectivity index (χ0) is 13.1. The van der Waals surface area contributed by atoms with Crippen molar-refractivity contribution >= 4 is 0 Å². The van der Waals surface area contributed by atoms with Crippen molar-refractivity contribution in [1.29, 1.82) is 0 Å². The molecule has 1 aliphatic heterocycles. The normalized spacial score (nSPS) is 28.3. The number of rotatable bonds is 5. The largest absolute Gasteiger partial charge is 0.376 e. The second-order valence-electron chi connectivity index (χ2n) is 6.24. The van der Waals surface area contributed by atoms with Crippen LogP contribution in [0.4, 0.5) is 0 Å². The van der Waals surface area contributed by atoms with Crippen molar-refractivity contribution in [2.45, 2.75) is 57.1 Å². The molecular weight excluding hydrogens is 238 g/mol. The third-order valence-corrected chi connectivity index (χ3v) is 4.69. The molecule has 1 aromatic heterocycles. The molecular formula is C15H25N3O. The molecule has 2 fully saturated rings. The molecule has 0 amide bonds. The Bertz CT molecular complexity index is 403. The molecule has 0 aromatic carbocycles. The third kappa shape index (κ3) is 2.84. The van der Waals surface area contributed by atoms with Crippen LogP contribution in [0.1, 0.15) is 44.7 Å². The maximum atomic E-state index is 5.96. The Kier molecular flexibility index (Phi) is 3.89. The van der Waals surface area contributed by atoms with E-state index in [1.807, 2.05) is 12.5 Å². The van der Waals surface area contributed by atoms with Crippen molar-refractivity contribution in [2.24, 2.45) is 0 Å². The fourth-order valence-electron chi connectivity index (χ4n) is 3.41. The molecule has 4 heteroatoms. The van der Waals surface area contributed by atoms with Gasteiger partial charge in [-0.05, 0) is 25.8 Å². The number of aromatic nitrogens is 2. The van der Waals surface area contributed by atoms with Gasteiger partial charge in [0, 0.05) is 30.4 Å². The van der Waals surface area contributed by atoms with Gasteiger partial charge in [-0.1, -0.05) is 19.8 Å². The number of hydrogen-bond donors (Lipinski definition) is 1. The van der Waals surface area contributed by atoms with E-state index in [0.717, 1.165) is 26.2 Å². The standard InChI is InChI=1S/C15H25N3O/c1-15(6-7-16-11-15)14-10-17-12-18(14)8-9-19-13-4-2-3-5-13/h10,12-13,16H,2-9,11H2,1H3. The molecule has 1 saturated carbocycles. The van der Waals surface area contributed by atoms with Crippen LogP contribution in [0, 0.1) is 0 Å². The van der Waals surface area contributed by atoms with Gasteiger partial charge in [0.15, 0.2) is 0 Å². The first-order chi connectivity index (χ1) is 9.28. The number of nitrogens with one attached hydrogen (secondary N) is 1. The molecule has 1 unspecified atom stereocenters. The first kappa shape index (κ1) is 13.1. The van der Waals surface area contributed by atoms with Gasteiger partial charge in [0.1, 0.15) is 0 Å². The fourth-order valence-corrected chi connectivity index (χ4v) is 3.41. The van der Waals surface area contributed by atoms with Gasteiger partial charge >= 0.3 is 0 Å². The minimum absolute atomic E-state index is 0.240. The molecule has 19 heavy (non-hydrogen) atoms. The highest BCUT2D eigenvalue weighted by Gasteiger charge is 2.33. The molecule has 1 aromatic rings. The van der Waals surface area contributed by atoms with Gasteiger partial charge in [0.2, 0.25) is 0 Å². The minimum atomic E-state index is 0.240. The zero-order valence-corrected chi connectivity index (χ0v) is 11.9. The Morgan fingerprint density at radius 2 is 2.32 bits per heavy atom. The summed E-state index contributed by atoms with van der Waals surface area (Å²) in [5.41, 5.74) is 1.59. The molecule has 4 nitrogen and oxygen atoms in total. The maximum Gasteiger partial charge on any atom is 0.0949 e. The van der Waals surface area contributed by atoms with E-state index in [1.54, 1.807) is 0 Å². The van der Waals surface area contributed by atoms with Gasteiger partial charge in [-0.15, -0.1) is 0 Å². The highest BCUT2D eigenvalue weighted by atomic mass is 16.5. The summed E-state index contributed by atoms with van der Waals surface area (Å²) in [6.45, 7) is 6.25. The van der Waals surface area contributed by atoms with Gasteiger partial charge in [-0.25, -0.2) is 4.98 Å². The lowest BCUT2D eigenvalue weighted by molar-refractivity contribution is 0.0523. The van der Waals surface area contributed by atoms with Gasteiger partial charge in [-0.3, -0.25) is 0 Å². The predicted molar refractivity (Wildman–Crippen MR) is 75.3 cm³/mol. The van der Waals surface area contributed by atoms with Crippen LogP contribution in [0.5, 0.6) is 0 Å². The van der Waals surface area contributed by atoms with Crippen LogP contribution >= 0.6 is 0 Å². The van der Waals surface area contributed by atoms with E-state index in [9.17, 15) is 0 Å². The lowest BCUT2D eigenvalue weighted by atomic mass is 9.86. The van der Waals surface area contributed by atoms with E-state index in [4.69, 9.17) is 4.74 Å². The summed E-state index contributed by atoms with van der Waals surface area (Å²) in [5.74, 6) is 0. The third-order valence-electron chi connectivity index (χ3n) is 4.69. The van der Waals surface area contributed by atoms with E-state index in [2.05, 4.69) is 21.8 Å². The highest BCUT2D eigenvalue weighted by molar-refractivity contribution is 5.17. The summed E-state index contributed by atoms with van der Waals surface area (Å²) >= 11 is 0. The van der Waals surface area contributed by atoms with Crippen molar-refractivity contribution in [2.75, 3.05) is 19.7 Å². The van der Waals surface area contributed by atoms with E-state index in [-0.39, 0.29) is 5.41 Å². The van der Waals surface area contributed by atoms with Crippen LogP contribution in [0.25, 0.3) is 0 Å². The molecule has 106 valence electrons. The van der Waals surface area contributed by atoms with Gasteiger partial charge in [-0.2, -0.15) is 0 Å². The number of imidazole rings is 1. The minimum Gasteiger partial charge on any atom is -0.376 e. The van der Waals surface area contributed by atoms with Gasteiger partial charge in [0.05, 0.1) is 19.0 Å². The van der Waals surface area contributed by atoms with E-state index in [0.29, 0.717) is 6.10 Å². The summed E-state index contributed by atoms with van der Waals surface area (Å²) < 4.78 is 8.24. The topological polar surface area (TPSA) is 39.1 Å². The molecule has 3 rings (SSSR count). The van der Waals surface area contributed by atoms with Crippen molar-refractivity contribution in [3.63, 3.8) is 0 Å². The van der Waals surface area contributed by atoms with E-state index < -0.39 is 0 Å². The summed E-state index contributed by atoms with van der Waals surface area (Å²) in [6, 6.07) is 0. The molecule has 0 radical (unpaired) electrons. The molecule has 2 aliphatic rings. The lowest BCUT2D eigenvalue weighted by Crippen LogP contribution is -2.28. The predicted octanol–water partition coefficient (Wildman–Crippen LogP) is 2.09. The summed E-state index contributed by atoms with van der Waals surface area (Å²) in [7, 11) is 0. The smallest absolute Gasteiger partial charge is 0.0949 e. The van der Waals surface area contributed by atoms with Crippen LogP contribution in [0.2, 0.25) is 0 Å². The summed E-state index contributed by atoms with van der Waals surface area (Å²) in [6.07, 6.45) is 10.9. The Morgan fingerprint density at radius 1 is 1.47 bits per heavy atom. The Morgan fingerprint density at radius 3 is 3.05 bits per heavy atom. The maximum absolute atomic E-state index is 5.96. The van der Waals surface area contributed by atoms with E-state index >= 15 is 0 Å². The molecule has 0 bridgehead atoms. The first-order valence-corrected chi connectivity index (χ1v) is 7.61. The zero-order valence-electron chi connectivity index (χ0n) is 11.9. The Balaban J connectivity index is 1.57. The van der Waals surface area contributed by atoms with Gasteiger partial charge < -0.3 is 14.6 Å². The quantitative estimate of drug-likeness (QED) is 0.884. The highest BCUT2D eigenvalue weighted by Crippen LogP contribution is 2.29. The van der Waals surface area contributed by atoms with Crippen molar-refractivity contribution < 1.29 is 4.74 Å². The van der Waals surface area contributed by atoms with Crippen LogP contribution in [-0.4, -0.2) is 35.4 Å². The second kappa shape index (κ2) is 5.63. The monoisotopic (exact) mass is 263 g/mol. The molecule has 1 aliphatic carbocycles. The van der Waals surface area contributed by atoms with Crippen LogP contribution < -0.4 is 5.32 Å². The van der Waals surface area contributed by atoms with Crippen LogP contribution in [0.15, 0.2) is 12.5 Å². The molecule has 1 atom stereocenters. The van der Waals surface area contributed by atoms with Crippen LogP contribution in [-0.2, 0) is 16.7 Å². The number of hydrogen-bond acceptors (Lipinski definition) is 3. The molecule has 1 saturated heterocycles. The van der Waals surface area contributed by atoms with Gasteiger partial charge in [0.25, 0.3) is 0 Å². The number of nitrogens with zero attached hydrogens (tertiary/aromatic N) is 2. The molecule has 2 heterocycles. The Labute approximate surface area is 115 Å². The second-order valence-corrected chi connectivity index (χ2v) is 6.24.